The number of fused-ring (bicyclic) bond motifs is 3. The lowest BCUT2D eigenvalue weighted by Gasteiger charge is -2.13. The quantitative estimate of drug-likeness (QED) is 0.282. The van der Waals surface area contributed by atoms with E-state index in [1.54, 1.807) is 16.7 Å². The standard InChI is InChI=1S/C28H21FN2O2S/c1-18(28(33)31-25-8-4-2-6-23(25)24-7-3-5-9-26(24)31)34-22-16-14-21(15-17-22)30-27(32)19-10-12-20(29)13-11-19/h2-18H,1H3,(H,30,32). The number of hydrogen-bond donors (Lipinski definition) is 1. The van der Waals surface area contributed by atoms with E-state index in [1.807, 2.05) is 67.6 Å². The highest BCUT2D eigenvalue weighted by Gasteiger charge is 2.21. The van der Waals surface area contributed by atoms with E-state index in [0.29, 0.717) is 11.3 Å². The molecule has 4 aromatic carbocycles. The van der Waals surface area contributed by atoms with Crippen molar-refractivity contribution in [3.8, 4) is 0 Å². The van der Waals surface area contributed by atoms with Gasteiger partial charge in [-0.15, -0.1) is 11.8 Å². The summed E-state index contributed by atoms with van der Waals surface area (Å²) in [6.45, 7) is 1.90. The number of amides is 1. The van der Waals surface area contributed by atoms with Crippen LogP contribution in [0.1, 0.15) is 22.1 Å². The smallest absolute Gasteiger partial charge is 0.255 e. The Morgan fingerprint density at radius 3 is 1.94 bits per heavy atom. The summed E-state index contributed by atoms with van der Waals surface area (Å²) in [6.07, 6.45) is 0. The number of para-hydroxylation sites is 2. The number of nitrogens with zero attached hydrogens (tertiary/aromatic N) is 1. The first-order valence-corrected chi connectivity index (χ1v) is 11.8. The van der Waals surface area contributed by atoms with Gasteiger partial charge in [-0.05, 0) is 67.6 Å². The van der Waals surface area contributed by atoms with E-state index >= 15 is 0 Å². The first-order valence-electron chi connectivity index (χ1n) is 10.9. The summed E-state index contributed by atoms with van der Waals surface area (Å²) in [4.78, 5) is 26.7. The van der Waals surface area contributed by atoms with Crippen molar-refractivity contribution in [1.82, 2.24) is 4.57 Å². The highest BCUT2D eigenvalue weighted by molar-refractivity contribution is 8.00. The van der Waals surface area contributed by atoms with Crippen LogP contribution in [0, 0.1) is 5.82 Å². The highest BCUT2D eigenvalue weighted by atomic mass is 32.2. The largest absolute Gasteiger partial charge is 0.322 e. The number of halogens is 1. The number of nitrogens with one attached hydrogen (secondary N) is 1. The Kier molecular flexibility index (Phi) is 5.90. The van der Waals surface area contributed by atoms with Crippen molar-refractivity contribution in [3.63, 3.8) is 0 Å². The van der Waals surface area contributed by atoms with Crippen molar-refractivity contribution in [2.24, 2.45) is 0 Å². The summed E-state index contributed by atoms with van der Waals surface area (Å²) in [7, 11) is 0. The van der Waals surface area contributed by atoms with Gasteiger partial charge in [-0.3, -0.25) is 14.2 Å². The fourth-order valence-electron chi connectivity index (χ4n) is 4.02. The molecule has 1 N–H and O–H groups in total. The summed E-state index contributed by atoms with van der Waals surface area (Å²) >= 11 is 1.47. The van der Waals surface area contributed by atoms with E-state index in [-0.39, 0.29) is 22.9 Å². The molecule has 0 aliphatic heterocycles. The van der Waals surface area contributed by atoms with E-state index in [9.17, 15) is 14.0 Å². The molecule has 0 aliphatic carbocycles. The molecule has 34 heavy (non-hydrogen) atoms. The van der Waals surface area contributed by atoms with Crippen molar-refractivity contribution in [2.45, 2.75) is 17.1 Å². The molecule has 1 aromatic heterocycles. The second-order valence-corrected chi connectivity index (χ2v) is 9.37. The maximum Gasteiger partial charge on any atom is 0.255 e. The average Bonchev–Trinajstić information content (AvgIpc) is 3.19. The topological polar surface area (TPSA) is 51.1 Å². The van der Waals surface area contributed by atoms with Crippen LogP contribution in [0.15, 0.2) is 102 Å². The van der Waals surface area contributed by atoms with Crippen LogP contribution in [0.3, 0.4) is 0 Å². The van der Waals surface area contributed by atoms with E-state index in [0.717, 1.165) is 26.7 Å². The summed E-state index contributed by atoms with van der Waals surface area (Å²) in [5, 5.41) is 4.60. The molecule has 0 spiro atoms. The Bertz CT molecular complexity index is 1450. The van der Waals surface area contributed by atoms with Crippen molar-refractivity contribution in [2.75, 3.05) is 5.32 Å². The van der Waals surface area contributed by atoms with Crippen LogP contribution in [0.2, 0.25) is 0 Å². The minimum absolute atomic E-state index is 0.0103. The van der Waals surface area contributed by atoms with Crippen LogP contribution in [0.25, 0.3) is 21.8 Å². The number of carbonyl (C=O) groups is 2. The van der Waals surface area contributed by atoms with Crippen LogP contribution >= 0.6 is 11.8 Å². The summed E-state index contributed by atoms with van der Waals surface area (Å²) in [6, 6.07) is 28.6. The lowest BCUT2D eigenvalue weighted by atomic mass is 10.2. The van der Waals surface area contributed by atoms with Gasteiger partial charge in [0.05, 0.1) is 16.3 Å². The molecule has 1 heterocycles. The first-order chi connectivity index (χ1) is 16.5. The minimum Gasteiger partial charge on any atom is -0.322 e. The predicted molar refractivity (Wildman–Crippen MR) is 136 cm³/mol. The highest BCUT2D eigenvalue weighted by Crippen LogP contribution is 2.32. The van der Waals surface area contributed by atoms with Gasteiger partial charge in [0.1, 0.15) is 5.82 Å². The van der Waals surface area contributed by atoms with Crippen LogP contribution < -0.4 is 5.32 Å². The molecule has 5 aromatic rings. The van der Waals surface area contributed by atoms with Gasteiger partial charge >= 0.3 is 0 Å². The number of thioether (sulfide) groups is 1. The normalized spacial score (nSPS) is 12.1. The zero-order valence-electron chi connectivity index (χ0n) is 18.4. The fourth-order valence-corrected chi connectivity index (χ4v) is 4.93. The Hall–Kier alpha value is -3.90. The van der Waals surface area contributed by atoms with Crippen molar-refractivity contribution in [3.05, 3.63) is 108 Å². The van der Waals surface area contributed by atoms with Gasteiger partial charge in [-0.1, -0.05) is 36.4 Å². The van der Waals surface area contributed by atoms with Gasteiger partial charge in [0.15, 0.2) is 0 Å². The second kappa shape index (κ2) is 9.15. The number of rotatable bonds is 5. The van der Waals surface area contributed by atoms with Crippen LogP contribution in [0.5, 0.6) is 0 Å². The van der Waals surface area contributed by atoms with Crippen LogP contribution in [-0.2, 0) is 0 Å². The summed E-state index contributed by atoms with van der Waals surface area (Å²) in [5.74, 6) is -0.686. The SMILES string of the molecule is CC(Sc1ccc(NC(=O)c2ccc(F)cc2)cc1)C(=O)n1c2ccccc2c2ccccc21. The summed E-state index contributed by atoms with van der Waals surface area (Å²) < 4.78 is 14.9. The van der Waals surface area contributed by atoms with Crippen molar-refractivity contribution >= 4 is 51.1 Å². The Labute approximate surface area is 200 Å². The van der Waals surface area contributed by atoms with Gasteiger partial charge in [-0.25, -0.2) is 4.39 Å². The van der Waals surface area contributed by atoms with Crippen LogP contribution in [0.4, 0.5) is 10.1 Å². The molecule has 5 rings (SSSR count). The Morgan fingerprint density at radius 2 is 1.35 bits per heavy atom. The zero-order valence-corrected chi connectivity index (χ0v) is 19.2. The molecule has 0 saturated heterocycles. The predicted octanol–water partition coefficient (Wildman–Crippen LogP) is 7.01. The molecule has 0 radical (unpaired) electrons. The van der Waals surface area contributed by atoms with Gasteiger partial charge < -0.3 is 5.32 Å². The van der Waals surface area contributed by atoms with Crippen LogP contribution in [-0.4, -0.2) is 21.6 Å². The Balaban J connectivity index is 1.33. The molecule has 0 saturated carbocycles. The van der Waals surface area contributed by atoms with E-state index in [2.05, 4.69) is 5.32 Å². The molecule has 1 atom stereocenters. The third kappa shape index (κ3) is 4.20. The number of benzene rings is 4. The number of anilines is 1. The number of hydrogen-bond acceptors (Lipinski definition) is 3. The molecule has 0 aliphatic rings. The van der Waals surface area contributed by atoms with E-state index in [4.69, 9.17) is 0 Å². The fraction of sp³-hybridized carbons (Fsp3) is 0.0714. The van der Waals surface area contributed by atoms with Gasteiger partial charge in [0, 0.05) is 26.9 Å². The molecule has 168 valence electrons. The van der Waals surface area contributed by atoms with Crippen molar-refractivity contribution < 1.29 is 14.0 Å². The maximum absolute atomic E-state index is 13.5. The second-order valence-electron chi connectivity index (χ2n) is 7.95. The summed E-state index contributed by atoms with van der Waals surface area (Å²) in [5.41, 5.74) is 2.81. The van der Waals surface area contributed by atoms with Gasteiger partial charge in [0.2, 0.25) is 5.91 Å². The molecular weight excluding hydrogens is 447 g/mol. The van der Waals surface area contributed by atoms with Gasteiger partial charge in [0.25, 0.3) is 5.91 Å². The number of aromatic nitrogens is 1. The maximum atomic E-state index is 13.5. The first kappa shape index (κ1) is 21.9. The zero-order chi connectivity index (χ0) is 23.7. The Morgan fingerprint density at radius 1 is 0.794 bits per heavy atom. The van der Waals surface area contributed by atoms with E-state index < -0.39 is 0 Å². The molecule has 0 bridgehead atoms. The third-order valence-electron chi connectivity index (χ3n) is 5.68. The average molecular weight is 469 g/mol. The van der Waals surface area contributed by atoms with E-state index in [1.165, 1.54) is 36.0 Å². The molecule has 0 fully saturated rings. The minimum atomic E-state index is -0.387. The lowest BCUT2D eigenvalue weighted by molar-refractivity contribution is 0.0924. The molecule has 1 unspecified atom stereocenters. The molecule has 1 amide bonds. The van der Waals surface area contributed by atoms with Crippen molar-refractivity contribution in [1.29, 1.82) is 0 Å². The molecule has 6 heteroatoms. The molecular formula is C28H21FN2O2S. The monoisotopic (exact) mass is 468 g/mol. The lowest BCUT2D eigenvalue weighted by Crippen LogP contribution is -2.21. The van der Waals surface area contributed by atoms with Gasteiger partial charge in [-0.2, -0.15) is 0 Å². The number of carbonyl (C=O) groups excluding carboxylic acids is 2. The molecule has 4 nitrogen and oxygen atoms in total. The third-order valence-corrected chi connectivity index (χ3v) is 6.78.